The van der Waals surface area contributed by atoms with Gasteiger partial charge in [0.15, 0.2) is 0 Å². The molecule has 0 spiro atoms. The Balaban J connectivity index is 0.000000904. The number of carbonyl (C=O) groups is 5. The number of esters is 2. The van der Waals surface area contributed by atoms with Crippen LogP contribution in [-0.2, 0) is 58.7 Å². The van der Waals surface area contributed by atoms with E-state index < -0.39 is 34.6 Å². The highest BCUT2D eigenvalue weighted by Crippen LogP contribution is 2.30. The molecule has 1 aliphatic rings. The summed E-state index contributed by atoms with van der Waals surface area (Å²) in [7, 11) is 0. The van der Waals surface area contributed by atoms with Gasteiger partial charge in [0.25, 0.3) is 0 Å². The number of aromatic nitrogens is 3. The van der Waals surface area contributed by atoms with E-state index in [1.54, 1.807) is 46.4 Å². The summed E-state index contributed by atoms with van der Waals surface area (Å²) in [6, 6.07) is 6.35. The summed E-state index contributed by atoms with van der Waals surface area (Å²) in [6.07, 6.45) is 3.13. The zero-order valence-electron chi connectivity index (χ0n) is 47.4. The van der Waals surface area contributed by atoms with Gasteiger partial charge in [0.05, 0.1) is 64.6 Å². The molecular weight excluding hydrogens is 993 g/mol. The molecule has 3 N–H and O–H groups in total. The summed E-state index contributed by atoms with van der Waals surface area (Å²) in [6.45, 7) is 31.8. The lowest BCUT2D eigenvalue weighted by atomic mass is 10.1. The SMILES string of the molecule is C.C.CC(C)(C)OC(=O)CCOCCN(CCOCC=O)C(=O)OC(C)(C)C.CCCCc1nc2c([nH]1)c(N)nc1ccc(N3CCN(CCOCCN(CCOCCC(=O)OC(C)(C)C)C(=O)OC(C)(C)C)CC3)cc12. The average molecular weight is 1090 g/mol. The number of amides is 2. The van der Waals surface area contributed by atoms with Crippen LogP contribution in [0.5, 0.6) is 0 Å². The third-order valence-electron chi connectivity index (χ3n) is 10.8. The molecule has 1 saturated heterocycles. The minimum Gasteiger partial charge on any atom is -0.460 e. The fourth-order valence-electron chi connectivity index (χ4n) is 7.36. The maximum atomic E-state index is 12.8. The predicted octanol–water partition coefficient (Wildman–Crippen LogP) is 8.62. The molecule has 1 fully saturated rings. The topological polar surface area (TPSA) is 240 Å². The smallest absolute Gasteiger partial charge is 0.410 e. The van der Waals surface area contributed by atoms with Crippen molar-refractivity contribution in [2.45, 2.75) is 159 Å². The third kappa shape index (κ3) is 28.7. The molecule has 0 aliphatic carbocycles. The summed E-state index contributed by atoms with van der Waals surface area (Å²) in [4.78, 5) is 79.6. The molecule has 440 valence electrons. The quantitative estimate of drug-likeness (QED) is 0.0314. The van der Waals surface area contributed by atoms with Crippen molar-refractivity contribution in [1.29, 1.82) is 0 Å². The molecule has 1 aromatic carbocycles. The first-order valence-electron chi connectivity index (χ1n) is 26.4. The number of anilines is 2. The Kier molecular flexibility index (Phi) is 30.6. The molecule has 0 atom stereocenters. The maximum Gasteiger partial charge on any atom is 0.410 e. The number of ether oxygens (including phenoxy) is 8. The van der Waals surface area contributed by atoms with E-state index in [0.717, 1.165) is 85.4 Å². The minimum absolute atomic E-state index is 0. The summed E-state index contributed by atoms with van der Waals surface area (Å²) in [5.41, 5.74) is 7.71. The van der Waals surface area contributed by atoms with Gasteiger partial charge < -0.3 is 68.1 Å². The number of nitrogen functional groups attached to an aromatic ring is 1. The van der Waals surface area contributed by atoms with Gasteiger partial charge in [-0.15, -0.1) is 0 Å². The van der Waals surface area contributed by atoms with Gasteiger partial charge >= 0.3 is 24.1 Å². The number of nitrogens with zero attached hydrogens (tertiary/aromatic N) is 6. The van der Waals surface area contributed by atoms with E-state index in [-0.39, 0.29) is 92.4 Å². The summed E-state index contributed by atoms with van der Waals surface area (Å²) in [5.74, 6) is 0.803. The molecule has 0 radical (unpaired) electrons. The van der Waals surface area contributed by atoms with E-state index in [1.807, 2.05) is 47.6 Å². The van der Waals surface area contributed by atoms with Crippen molar-refractivity contribution < 1.29 is 61.9 Å². The normalized spacial score (nSPS) is 13.2. The van der Waals surface area contributed by atoms with Crippen molar-refractivity contribution >= 4 is 63.9 Å². The van der Waals surface area contributed by atoms with Crippen molar-refractivity contribution in [2.75, 3.05) is 122 Å². The Morgan fingerprint density at radius 2 is 1.12 bits per heavy atom. The lowest BCUT2D eigenvalue weighted by molar-refractivity contribution is -0.157. The van der Waals surface area contributed by atoms with Crippen molar-refractivity contribution in [2.24, 2.45) is 0 Å². The van der Waals surface area contributed by atoms with Gasteiger partial charge in [0.1, 0.15) is 58.0 Å². The summed E-state index contributed by atoms with van der Waals surface area (Å²) < 4.78 is 43.5. The molecule has 2 aromatic heterocycles. The number of hydrogen-bond acceptors (Lipinski definition) is 18. The van der Waals surface area contributed by atoms with Gasteiger partial charge in [0.2, 0.25) is 0 Å². The monoisotopic (exact) mass is 1090 g/mol. The zero-order valence-corrected chi connectivity index (χ0v) is 47.4. The molecule has 77 heavy (non-hydrogen) atoms. The number of rotatable bonds is 27. The van der Waals surface area contributed by atoms with Crippen LogP contribution in [0.25, 0.3) is 21.9 Å². The molecule has 3 aromatic rings. The lowest BCUT2D eigenvalue weighted by Gasteiger charge is -2.36. The van der Waals surface area contributed by atoms with Crippen molar-refractivity contribution in [3.8, 4) is 0 Å². The van der Waals surface area contributed by atoms with Gasteiger partial charge in [-0.3, -0.25) is 14.5 Å². The average Bonchev–Trinajstić information content (AvgIpc) is 3.74. The largest absolute Gasteiger partial charge is 0.460 e. The first-order chi connectivity index (χ1) is 35.2. The number of H-pyrrole nitrogens is 1. The van der Waals surface area contributed by atoms with Crippen LogP contribution in [0.3, 0.4) is 0 Å². The van der Waals surface area contributed by atoms with Crippen LogP contribution in [0.2, 0.25) is 0 Å². The predicted molar refractivity (Wildman–Crippen MR) is 302 cm³/mol. The molecule has 21 heteroatoms. The van der Waals surface area contributed by atoms with E-state index >= 15 is 0 Å². The fraction of sp³-hybridized carbons (Fsp3) is 0.732. The second-order valence-electron chi connectivity index (χ2n) is 22.2. The number of unbranched alkanes of at least 4 members (excludes halogenated alkanes) is 1. The van der Waals surface area contributed by atoms with E-state index in [4.69, 9.17) is 48.6 Å². The lowest BCUT2D eigenvalue weighted by Crippen LogP contribution is -2.47. The van der Waals surface area contributed by atoms with Crippen LogP contribution in [0.4, 0.5) is 21.1 Å². The standard InChI is InChI=1S/C36H57N7O6.C18H33NO7.2CH4/c1-8-9-10-29-39-31-27-25-26(11-12-28(27)38-33(37)32(31)40-29)42-16-14-41(15-17-42)18-22-47-24-20-43(34(45)49-36(5,6)7)19-23-46-21-13-30(44)48-35(2,3)4;1-17(2,3)25-15(21)7-11-23-12-8-19(9-13-24-14-10-20)16(22)26-18(4,5)6;;/h11-12,25H,8-10,13-24H2,1-7H3,(H2,37,38)(H,39,40);10H,7-9,11-14H2,1-6H3;2*1H4. The maximum absolute atomic E-state index is 12.8. The molecule has 0 unspecified atom stereocenters. The van der Waals surface area contributed by atoms with Crippen LogP contribution in [0.1, 0.15) is 136 Å². The Morgan fingerprint density at radius 1 is 0.649 bits per heavy atom. The van der Waals surface area contributed by atoms with Gasteiger partial charge in [-0.1, -0.05) is 28.2 Å². The van der Waals surface area contributed by atoms with Gasteiger partial charge in [0, 0.05) is 76.4 Å². The second-order valence-corrected chi connectivity index (χ2v) is 22.2. The number of nitrogens with one attached hydrogen (secondary N) is 1. The Labute approximate surface area is 459 Å². The number of nitrogens with two attached hydrogens (primary N) is 1. The molecule has 0 saturated carbocycles. The number of fused-ring (bicyclic) bond motifs is 3. The molecule has 3 heterocycles. The van der Waals surface area contributed by atoms with Crippen LogP contribution in [0.15, 0.2) is 18.2 Å². The van der Waals surface area contributed by atoms with Gasteiger partial charge in [-0.05, 0) is 108 Å². The molecule has 1 aliphatic heterocycles. The first kappa shape index (κ1) is 69.7. The number of aromatic amines is 1. The van der Waals surface area contributed by atoms with E-state index in [2.05, 4.69) is 38.8 Å². The minimum atomic E-state index is -0.615. The second kappa shape index (κ2) is 33.8. The number of pyridine rings is 1. The van der Waals surface area contributed by atoms with E-state index in [1.165, 1.54) is 4.90 Å². The molecule has 2 amide bonds. The van der Waals surface area contributed by atoms with Crippen molar-refractivity contribution in [3.05, 3.63) is 24.0 Å². The number of carbonyl (C=O) groups excluding carboxylic acids is 5. The van der Waals surface area contributed by atoms with Gasteiger partial charge in [-0.25, -0.2) is 19.6 Å². The highest BCUT2D eigenvalue weighted by Gasteiger charge is 2.25. The van der Waals surface area contributed by atoms with Crippen LogP contribution < -0.4 is 10.6 Å². The van der Waals surface area contributed by atoms with Crippen LogP contribution in [0, 0.1) is 0 Å². The summed E-state index contributed by atoms with van der Waals surface area (Å²) >= 11 is 0. The van der Waals surface area contributed by atoms with Crippen molar-refractivity contribution in [1.82, 2.24) is 29.7 Å². The van der Waals surface area contributed by atoms with E-state index in [9.17, 15) is 24.0 Å². The number of piperazine rings is 1. The Hall–Kier alpha value is -5.35. The highest BCUT2D eigenvalue weighted by molar-refractivity contribution is 6.07. The number of aldehydes is 1. The zero-order chi connectivity index (χ0) is 55.8. The Morgan fingerprint density at radius 3 is 1.57 bits per heavy atom. The fourth-order valence-corrected chi connectivity index (χ4v) is 7.36. The third-order valence-corrected chi connectivity index (χ3v) is 10.8. The van der Waals surface area contributed by atoms with E-state index in [0.29, 0.717) is 38.4 Å². The first-order valence-corrected chi connectivity index (χ1v) is 26.4. The van der Waals surface area contributed by atoms with Crippen molar-refractivity contribution in [3.63, 3.8) is 0 Å². The number of imidazole rings is 1. The highest BCUT2D eigenvalue weighted by atomic mass is 16.6. The number of benzene rings is 1. The number of hydrogen-bond donors (Lipinski definition) is 2. The molecule has 4 rings (SSSR count). The Bertz CT molecular complexity index is 2220. The molecular formula is C56H98N8O13. The number of aryl methyl sites for hydroxylation is 1. The molecule has 21 nitrogen and oxygen atoms in total. The van der Waals surface area contributed by atoms with Crippen LogP contribution in [-0.4, -0.2) is 194 Å². The summed E-state index contributed by atoms with van der Waals surface area (Å²) in [5, 5.41) is 1.02. The van der Waals surface area contributed by atoms with Crippen LogP contribution >= 0.6 is 0 Å². The molecule has 0 bridgehead atoms. The van der Waals surface area contributed by atoms with Gasteiger partial charge in [-0.2, -0.15) is 0 Å².